The molecule has 1 aliphatic heterocycles. The van der Waals surface area contributed by atoms with Crippen LogP contribution in [0.4, 0.5) is 5.82 Å². The fraction of sp³-hybridized carbons (Fsp3) is 0.800. The second-order valence-electron chi connectivity index (χ2n) is 6.21. The molecule has 1 saturated heterocycles. The highest BCUT2D eigenvalue weighted by molar-refractivity contribution is 5.51. The van der Waals surface area contributed by atoms with Crippen molar-refractivity contribution >= 4 is 5.82 Å². The highest BCUT2D eigenvalue weighted by atomic mass is 16.5. The Balaban J connectivity index is 1.82. The van der Waals surface area contributed by atoms with Gasteiger partial charge in [0.15, 0.2) is 0 Å². The van der Waals surface area contributed by atoms with Crippen molar-refractivity contribution in [3.8, 4) is 0 Å². The number of hydrogen-bond acceptors (Lipinski definition) is 4. The molecule has 0 radical (unpaired) electrons. The van der Waals surface area contributed by atoms with Crippen molar-refractivity contribution in [3.05, 3.63) is 11.3 Å². The topological polar surface area (TPSA) is 42.3 Å². The molecule has 1 saturated carbocycles. The van der Waals surface area contributed by atoms with Crippen molar-refractivity contribution in [1.29, 1.82) is 0 Å². The summed E-state index contributed by atoms with van der Waals surface area (Å²) in [6.07, 6.45) is 4.02. The fourth-order valence-corrected chi connectivity index (χ4v) is 3.26. The van der Waals surface area contributed by atoms with Crippen LogP contribution in [0.3, 0.4) is 0 Å². The van der Waals surface area contributed by atoms with Crippen molar-refractivity contribution in [2.24, 2.45) is 7.05 Å². The smallest absolute Gasteiger partial charge is 0.131 e. The van der Waals surface area contributed by atoms with Gasteiger partial charge in [-0.1, -0.05) is 0 Å². The summed E-state index contributed by atoms with van der Waals surface area (Å²) in [5.41, 5.74) is 2.47. The quantitative estimate of drug-likeness (QED) is 0.888. The summed E-state index contributed by atoms with van der Waals surface area (Å²) in [6.45, 7) is 6.06. The van der Waals surface area contributed by atoms with Crippen molar-refractivity contribution in [3.63, 3.8) is 0 Å². The normalized spacial score (nSPS) is 26.2. The minimum absolute atomic E-state index is 0.291. The number of likely N-dealkylation sites (N-methyl/N-ethyl adjacent to an activating group) is 1. The van der Waals surface area contributed by atoms with Gasteiger partial charge in [-0.05, 0) is 33.1 Å². The zero-order chi connectivity index (χ0) is 14.3. The summed E-state index contributed by atoms with van der Waals surface area (Å²) in [5, 5.41) is 8.23. The minimum Gasteiger partial charge on any atom is -0.376 e. The van der Waals surface area contributed by atoms with E-state index in [1.54, 1.807) is 0 Å². The average molecular weight is 278 g/mol. The van der Waals surface area contributed by atoms with Gasteiger partial charge in [0.1, 0.15) is 5.82 Å². The number of nitrogens with zero attached hydrogens (tertiary/aromatic N) is 3. The fourth-order valence-electron chi connectivity index (χ4n) is 3.26. The molecule has 2 unspecified atom stereocenters. The van der Waals surface area contributed by atoms with E-state index in [4.69, 9.17) is 4.74 Å². The first-order valence-electron chi connectivity index (χ1n) is 7.68. The minimum atomic E-state index is 0.291. The Hall–Kier alpha value is -1.07. The van der Waals surface area contributed by atoms with E-state index in [0.717, 1.165) is 31.3 Å². The predicted molar refractivity (Wildman–Crippen MR) is 80.0 cm³/mol. The van der Waals surface area contributed by atoms with Gasteiger partial charge in [-0.25, -0.2) is 0 Å². The lowest BCUT2D eigenvalue weighted by Crippen LogP contribution is -2.38. The van der Waals surface area contributed by atoms with Crippen LogP contribution in [0.5, 0.6) is 0 Å². The van der Waals surface area contributed by atoms with Gasteiger partial charge in [0.2, 0.25) is 0 Å². The molecule has 0 bridgehead atoms. The second-order valence-corrected chi connectivity index (χ2v) is 6.21. The lowest BCUT2D eigenvalue weighted by Gasteiger charge is -2.29. The molecule has 1 aromatic heterocycles. The van der Waals surface area contributed by atoms with E-state index in [1.807, 2.05) is 11.7 Å². The third kappa shape index (κ3) is 2.56. The number of rotatable bonds is 5. The molecule has 1 N–H and O–H groups in total. The van der Waals surface area contributed by atoms with Crippen molar-refractivity contribution in [2.45, 2.75) is 57.8 Å². The number of ether oxygens (including phenoxy) is 1. The zero-order valence-corrected chi connectivity index (χ0v) is 13.0. The molecule has 2 heterocycles. The molecule has 20 heavy (non-hydrogen) atoms. The van der Waals surface area contributed by atoms with Crippen LogP contribution in [-0.4, -0.2) is 41.6 Å². The molecule has 2 fully saturated rings. The first kappa shape index (κ1) is 13.9. The monoisotopic (exact) mass is 278 g/mol. The first-order valence-corrected chi connectivity index (χ1v) is 7.68. The van der Waals surface area contributed by atoms with Gasteiger partial charge < -0.3 is 15.0 Å². The molecule has 1 aromatic rings. The predicted octanol–water partition coefficient (Wildman–Crippen LogP) is 1.59. The van der Waals surface area contributed by atoms with Crippen LogP contribution in [0.2, 0.25) is 0 Å². The standard InChI is InChI=1S/C15H26N4O/c1-10-13(9-16-12-5-6-12)15(19(4)17-10)18(3)14-7-8-20-11(14)2/h11-12,14,16H,5-9H2,1-4H3. The molecule has 112 valence electrons. The maximum absolute atomic E-state index is 5.72. The molecule has 0 amide bonds. The molecular weight excluding hydrogens is 252 g/mol. The SMILES string of the molecule is Cc1nn(C)c(N(C)C2CCOC2C)c1CNC1CC1. The Bertz CT molecular complexity index is 480. The van der Waals surface area contributed by atoms with Crippen LogP contribution >= 0.6 is 0 Å². The number of anilines is 1. The van der Waals surface area contributed by atoms with Gasteiger partial charge in [-0.3, -0.25) is 4.68 Å². The molecule has 2 atom stereocenters. The van der Waals surface area contributed by atoms with Crippen molar-refractivity contribution < 1.29 is 4.74 Å². The third-order valence-corrected chi connectivity index (χ3v) is 4.63. The summed E-state index contributed by atoms with van der Waals surface area (Å²) in [4.78, 5) is 2.36. The molecule has 0 spiro atoms. The molecule has 2 aliphatic rings. The largest absolute Gasteiger partial charge is 0.376 e. The number of aryl methyl sites for hydroxylation is 2. The van der Waals surface area contributed by atoms with Crippen LogP contribution in [0.1, 0.15) is 37.4 Å². The highest BCUT2D eigenvalue weighted by Crippen LogP contribution is 2.29. The third-order valence-electron chi connectivity index (χ3n) is 4.63. The summed E-state index contributed by atoms with van der Waals surface area (Å²) in [5.74, 6) is 1.23. The number of aromatic nitrogens is 2. The first-order chi connectivity index (χ1) is 9.58. The van der Waals surface area contributed by atoms with E-state index in [1.165, 1.54) is 24.2 Å². The highest BCUT2D eigenvalue weighted by Gasteiger charge is 2.31. The van der Waals surface area contributed by atoms with Crippen molar-refractivity contribution in [1.82, 2.24) is 15.1 Å². The average Bonchev–Trinajstić information content (AvgIpc) is 3.06. The Morgan fingerprint density at radius 2 is 2.15 bits per heavy atom. The maximum atomic E-state index is 5.72. The Morgan fingerprint density at radius 1 is 1.40 bits per heavy atom. The number of nitrogens with one attached hydrogen (secondary N) is 1. The molecule has 3 rings (SSSR count). The lowest BCUT2D eigenvalue weighted by molar-refractivity contribution is 0.118. The van der Waals surface area contributed by atoms with E-state index < -0.39 is 0 Å². The summed E-state index contributed by atoms with van der Waals surface area (Å²) in [7, 11) is 4.22. The number of hydrogen-bond donors (Lipinski definition) is 1. The Labute approximate surface area is 121 Å². The Morgan fingerprint density at radius 3 is 2.75 bits per heavy atom. The van der Waals surface area contributed by atoms with Crippen molar-refractivity contribution in [2.75, 3.05) is 18.6 Å². The van der Waals surface area contributed by atoms with Gasteiger partial charge in [0.05, 0.1) is 17.8 Å². The van der Waals surface area contributed by atoms with Crippen LogP contribution in [0.15, 0.2) is 0 Å². The van der Waals surface area contributed by atoms with Crippen LogP contribution in [-0.2, 0) is 18.3 Å². The second kappa shape index (κ2) is 5.37. The molecule has 5 heteroatoms. The molecule has 0 aromatic carbocycles. The van der Waals surface area contributed by atoms with Gasteiger partial charge in [0, 0.05) is 38.9 Å². The van der Waals surface area contributed by atoms with E-state index in [9.17, 15) is 0 Å². The van der Waals surface area contributed by atoms with E-state index in [0.29, 0.717) is 12.1 Å². The van der Waals surface area contributed by atoms with Crippen LogP contribution < -0.4 is 10.2 Å². The summed E-state index contributed by atoms with van der Waals surface area (Å²) < 4.78 is 7.73. The van der Waals surface area contributed by atoms with Gasteiger partial charge in [-0.15, -0.1) is 0 Å². The van der Waals surface area contributed by atoms with Crippen LogP contribution in [0, 0.1) is 6.92 Å². The van der Waals surface area contributed by atoms with Gasteiger partial charge in [-0.2, -0.15) is 5.10 Å². The zero-order valence-electron chi connectivity index (χ0n) is 13.0. The van der Waals surface area contributed by atoms with E-state index >= 15 is 0 Å². The molecule has 5 nitrogen and oxygen atoms in total. The summed E-state index contributed by atoms with van der Waals surface area (Å²) >= 11 is 0. The Kier molecular flexibility index (Phi) is 3.73. The maximum Gasteiger partial charge on any atom is 0.131 e. The van der Waals surface area contributed by atoms with E-state index in [-0.39, 0.29) is 0 Å². The van der Waals surface area contributed by atoms with E-state index in [2.05, 4.69) is 36.2 Å². The molecular formula is C15H26N4O. The van der Waals surface area contributed by atoms with Crippen LogP contribution in [0.25, 0.3) is 0 Å². The van der Waals surface area contributed by atoms with Gasteiger partial charge >= 0.3 is 0 Å². The lowest BCUT2D eigenvalue weighted by atomic mass is 10.1. The molecule has 1 aliphatic carbocycles. The summed E-state index contributed by atoms with van der Waals surface area (Å²) in [6, 6.07) is 1.17. The van der Waals surface area contributed by atoms with Gasteiger partial charge in [0.25, 0.3) is 0 Å².